The topological polar surface area (TPSA) is 62.7 Å². The Labute approximate surface area is 81.9 Å². The van der Waals surface area contributed by atoms with Crippen LogP contribution in [0.1, 0.15) is 16.1 Å². The lowest BCUT2D eigenvalue weighted by Crippen LogP contribution is -2.26. The highest BCUT2D eigenvalue weighted by atomic mass is 16.7. The minimum absolute atomic E-state index is 0.0409. The van der Waals surface area contributed by atoms with Crippen LogP contribution in [0.2, 0.25) is 0 Å². The number of hydroxylamine groups is 2. The predicted molar refractivity (Wildman–Crippen MR) is 49.7 cm³/mol. The number of rotatable bonds is 2. The number of aryl methyl sites for hydroxylation is 1. The summed E-state index contributed by atoms with van der Waals surface area (Å²) in [5, 5.41) is 10.2. The van der Waals surface area contributed by atoms with Crippen molar-refractivity contribution in [3.05, 3.63) is 23.5 Å². The number of amides is 1. The minimum Gasteiger partial charge on any atom is -0.506 e. The number of pyridine rings is 1. The van der Waals surface area contributed by atoms with E-state index in [-0.39, 0.29) is 17.4 Å². The van der Waals surface area contributed by atoms with Crippen LogP contribution in [0.25, 0.3) is 0 Å². The first-order chi connectivity index (χ1) is 6.56. The molecule has 5 nitrogen and oxygen atoms in total. The van der Waals surface area contributed by atoms with E-state index in [1.54, 1.807) is 6.92 Å². The average molecular weight is 196 g/mol. The van der Waals surface area contributed by atoms with Crippen molar-refractivity contribution in [2.75, 3.05) is 14.2 Å². The van der Waals surface area contributed by atoms with E-state index in [1.165, 1.54) is 26.4 Å². The molecule has 1 rings (SSSR count). The molecule has 1 aromatic heterocycles. The Bertz CT molecular complexity index is 352. The van der Waals surface area contributed by atoms with Crippen LogP contribution >= 0.6 is 0 Å². The average Bonchev–Trinajstić information content (AvgIpc) is 2.15. The number of hydrogen-bond acceptors (Lipinski definition) is 4. The molecule has 0 fully saturated rings. The highest BCUT2D eigenvalue weighted by molar-refractivity contribution is 5.92. The lowest BCUT2D eigenvalue weighted by molar-refractivity contribution is -0.0761. The first-order valence-electron chi connectivity index (χ1n) is 4.04. The first kappa shape index (κ1) is 10.5. The molecule has 76 valence electrons. The maximum Gasteiger partial charge on any atom is 0.295 e. The summed E-state index contributed by atoms with van der Waals surface area (Å²) in [5.41, 5.74) is 0.881. The maximum absolute atomic E-state index is 11.6. The van der Waals surface area contributed by atoms with Crippen molar-refractivity contribution in [1.29, 1.82) is 0 Å². The molecule has 0 saturated heterocycles. The third-order valence-corrected chi connectivity index (χ3v) is 1.83. The number of aromatic hydroxyl groups is 1. The van der Waals surface area contributed by atoms with Gasteiger partial charge in [-0.2, -0.15) is 0 Å². The molecular weight excluding hydrogens is 184 g/mol. The molecule has 0 radical (unpaired) electrons. The molecule has 0 aliphatic heterocycles. The molecule has 0 aliphatic rings. The summed E-state index contributed by atoms with van der Waals surface area (Å²) in [6, 6.07) is 1.48. The Kier molecular flexibility index (Phi) is 3.03. The Balaban J connectivity index is 3.02. The Morgan fingerprint density at radius 1 is 1.64 bits per heavy atom. The summed E-state index contributed by atoms with van der Waals surface area (Å²) in [7, 11) is 2.89. The van der Waals surface area contributed by atoms with Crippen molar-refractivity contribution in [3.8, 4) is 5.75 Å². The SMILES string of the molecule is CON(C)C(=O)c1ncc(O)cc1C. The van der Waals surface area contributed by atoms with Gasteiger partial charge in [0.1, 0.15) is 11.4 Å². The van der Waals surface area contributed by atoms with Gasteiger partial charge < -0.3 is 5.11 Å². The molecule has 5 heteroatoms. The van der Waals surface area contributed by atoms with Crippen LogP contribution in [0.15, 0.2) is 12.3 Å². The van der Waals surface area contributed by atoms with Crippen molar-refractivity contribution in [1.82, 2.24) is 10.0 Å². The van der Waals surface area contributed by atoms with E-state index in [0.717, 1.165) is 5.06 Å². The van der Waals surface area contributed by atoms with E-state index >= 15 is 0 Å². The molecule has 0 aromatic carbocycles. The maximum atomic E-state index is 11.6. The second kappa shape index (κ2) is 4.06. The highest BCUT2D eigenvalue weighted by Crippen LogP contribution is 2.13. The van der Waals surface area contributed by atoms with Crippen LogP contribution in [-0.4, -0.2) is 35.2 Å². The van der Waals surface area contributed by atoms with Gasteiger partial charge in [-0.05, 0) is 18.6 Å². The van der Waals surface area contributed by atoms with Gasteiger partial charge in [0.2, 0.25) is 0 Å². The van der Waals surface area contributed by atoms with Gasteiger partial charge in [0.15, 0.2) is 0 Å². The van der Waals surface area contributed by atoms with Crippen molar-refractivity contribution >= 4 is 5.91 Å². The van der Waals surface area contributed by atoms with Crippen LogP contribution in [-0.2, 0) is 4.84 Å². The smallest absolute Gasteiger partial charge is 0.295 e. The van der Waals surface area contributed by atoms with E-state index in [4.69, 9.17) is 9.94 Å². The Hall–Kier alpha value is -1.62. The van der Waals surface area contributed by atoms with Crippen molar-refractivity contribution in [2.45, 2.75) is 6.92 Å². The number of hydrogen-bond donors (Lipinski definition) is 1. The van der Waals surface area contributed by atoms with E-state index in [2.05, 4.69) is 4.98 Å². The van der Waals surface area contributed by atoms with Crippen molar-refractivity contribution in [3.63, 3.8) is 0 Å². The summed E-state index contributed by atoms with van der Waals surface area (Å²) in [6.45, 7) is 1.70. The molecule has 1 amide bonds. The van der Waals surface area contributed by atoms with Gasteiger partial charge in [-0.1, -0.05) is 0 Å². The second-order valence-electron chi connectivity index (χ2n) is 2.84. The van der Waals surface area contributed by atoms with E-state index in [9.17, 15) is 4.79 Å². The standard InChI is InChI=1S/C9H12N2O3/c1-6-4-7(12)5-10-8(6)9(13)11(2)14-3/h4-5,12H,1-3H3. The zero-order chi connectivity index (χ0) is 10.7. The normalized spacial score (nSPS) is 9.93. The van der Waals surface area contributed by atoms with Gasteiger partial charge in [-0.15, -0.1) is 0 Å². The second-order valence-corrected chi connectivity index (χ2v) is 2.84. The third kappa shape index (κ3) is 2.00. The lowest BCUT2D eigenvalue weighted by atomic mass is 10.2. The molecule has 0 unspecified atom stereocenters. The van der Waals surface area contributed by atoms with E-state index in [1.807, 2.05) is 0 Å². The summed E-state index contributed by atoms with van der Waals surface area (Å²) in [5.74, 6) is -0.302. The predicted octanol–water partition coefficient (Wildman–Crippen LogP) is 0.729. The Morgan fingerprint density at radius 3 is 2.79 bits per heavy atom. The zero-order valence-corrected chi connectivity index (χ0v) is 8.31. The third-order valence-electron chi connectivity index (χ3n) is 1.83. The molecule has 0 aliphatic carbocycles. The number of aromatic nitrogens is 1. The van der Waals surface area contributed by atoms with Crippen LogP contribution < -0.4 is 0 Å². The van der Waals surface area contributed by atoms with E-state index in [0.29, 0.717) is 5.56 Å². The summed E-state index contributed by atoms with van der Waals surface area (Å²) >= 11 is 0. The van der Waals surface area contributed by atoms with Crippen molar-refractivity contribution < 1.29 is 14.7 Å². The van der Waals surface area contributed by atoms with E-state index < -0.39 is 0 Å². The molecule has 1 heterocycles. The number of carbonyl (C=O) groups is 1. The minimum atomic E-state index is -0.343. The molecule has 0 spiro atoms. The lowest BCUT2D eigenvalue weighted by Gasteiger charge is -2.13. The molecule has 0 atom stereocenters. The molecule has 14 heavy (non-hydrogen) atoms. The number of nitrogens with zero attached hydrogens (tertiary/aromatic N) is 2. The van der Waals surface area contributed by atoms with Gasteiger partial charge in [0, 0.05) is 7.05 Å². The molecule has 1 aromatic rings. The van der Waals surface area contributed by atoms with Gasteiger partial charge in [0.05, 0.1) is 13.3 Å². The van der Waals surface area contributed by atoms with Crippen LogP contribution in [0.4, 0.5) is 0 Å². The molecule has 0 saturated carbocycles. The van der Waals surface area contributed by atoms with Gasteiger partial charge in [-0.25, -0.2) is 10.0 Å². The summed E-state index contributed by atoms with van der Waals surface area (Å²) in [6.07, 6.45) is 1.23. The number of carbonyl (C=O) groups excluding carboxylic acids is 1. The summed E-state index contributed by atoms with van der Waals surface area (Å²) in [4.78, 5) is 20.1. The first-order valence-corrected chi connectivity index (χ1v) is 4.04. The fraction of sp³-hybridized carbons (Fsp3) is 0.333. The highest BCUT2D eigenvalue weighted by Gasteiger charge is 2.15. The quantitative estimate of drug-likeness (QED) is 0.708. The Morgan fingerprint density at radius 2 is 2.29 bits per heavy atom. The molecule has 0 bridgehead atoms. The van der Waals surface area contributed by atoms with Gasteiger partial charge in [-0.3, -0.25) is 9.63 Å². The summed E-state index contributed by atoms with van der Waals surface area (Å²) < 4.78 is 0. The van der Waals surface area contributed by atoms with Crippen LogP contribution in [0.5, 0.6) is 5.75 Å². The van der Waals surface area contributed by atoms with Crippen LogP contribution in [0, 0.1) is 6.92 Å². The van der Waals surface area contributed by atoms with Gasteiger partial charge >= 0.3 is 0 Å². The van der Waals surface area contributed by atoms with Crippen molar-refractivity contribution in [2.24, 2.45) is 0 Å². The van der Waals surface area contributed by atoms with Gasteiger partial charge in [0.25, 0.3) is 5.91 Å². The molecule has 1 N–H and O–H groups in total. The largest absolute Gasteiger partial charge is 0.506 e. The molecular formula is C9H12N2O3. The fourth-order valence-electron chi connectivity index (χ4n) is 1.02. The fourth-order valence-corrected chi connectivity index (χ4v) is 1.02. The monoisotopic (exact) mass is 196 g/mol. The van der Waals surface area contributed by atoms with Crippen LogP contribution in [0.3, 0.4) is 0 Å². The zero-order valence-electron chi connectivity index (χ0n) is 8.31.